The number of piperazine rings is 1. The van der Waals surface area contributed by atoms with Gasteiger partial charge in [0.25, 0.3) is 5.91 Å². The highest BCUT2D eigenvalue weighted by Gasteiger charge is 2.24. The molecule has 0 saturated carbocycles. The standard InChI is InChI=1S/C26H31N3O2/c1-2-27-15-17-29(18-16-27)26(30)25-14-13-24(31-25)21-28(19-22-9-5-3-6-10-22)20-23-11-7-4-8-12-23/h3-14H,2,15-21H2,1H3. The lowest BCUT2D eigenvalue weighted by molar-refractivity contribution is 0.0608. The first-order chi connectivity index (χ1) is 15.2. The molecule has 0 bridgehead atoms. The summed E-state index contributed by atoms with van der Waals surface area (Å²) in [6.45, 7) is 8.86. The van der Waals surface area contributed by atoms with Crippen LogP contribution in [0.2, 0.25) is 0 Å². The van der Waals surface area contributed by atoms with E-state index in [1.807, 2.05) is 29.2 Å². The van der Waals surface area contributed by atoms with Crippen molar-refractivity contribution in [3.63, 3.8) is 0 Å². The van der Waals surface area contributed by atoms with Gasteiger partial charge in [-0.3, -0.25) is 9.69 Å². The van der Waals surface area contributed by atoms with Crippen molar-refractivity contribution in [1.29, 1.82) is 0 Å². The summed E-state index contributed by atoms with van der Waals surface area (Å²) < 4.78 is 6.01. The van der Waals surface area contributed by atoms with Crippen molar-refractivity contribution in [3.05, 3.63) is 95.4 Å². The van der Waals surface area contributed by atoms with Crippen molar-refractivity contribution in [2.45, 2.75) is 26.6 Å². The molecule has 1 amide bonds. The van der Waals surface area contributed by atoms with Gasteiger partial charge in [0.1, 0.15) is 5.76 Å². The molecule has 31 heavy (non-hydrogen) atoms. The van der Waals surface area contributed by atoms with Crippen LogP contribution in [0.5, 0.6) is 0 Å². The monoisotopic (exact) mass is 417 g/mol. The average molecular weight is 418 g/mol. The van der Waals surface area contributed by atoms with E-state index in [4.69, 9.17) is 4.42 Å². The highest BCUT2D eigenvalue weighted by molar-refractivity contribution is 5.91. The van der Waals surface area contributed by atoms with Crippen molar-refractivity contribution < 1.29 is 9.21 Å². The molecule has 1 aliphatic heterocycles. The normalized spacial score (nSPS) is 14.8. The van der Waals surface area contributed by atoms with Gasteiger partial charge in [0.15, 0.2) is 5.76 Å². The molecule has 0 spiro atoms. The molecule has 0 unspecified atom stereocenters. The van der Waals surface area contributed by atoms with Crippen LogP contribution in [0.4, 0.5) is 0 Å². The summed E-state index contributed by atoms with van der Waals surface area (Å²) in [5, 5.41) is 0. The highest BCUT2D eigenvalue weighted by Crippen LogP contribution is 2.18. The summed E-state index contributed by atoms with van der Waals surface area (Å²) in [6.07, 6.45) is 0. The molecule has 5 nitrogen and oxygen atoms in total. The molecule has 0 radical (unpaired) electrons. The molecular formula is C26H31N3O2. The van der Waals surface area contributed by atoms with Gasteiger partial charge in [0.05, 0.1) is 6.54 Å². The zero-order chi connectivity index (χ0) is 21.5. The first kappa shape index (κ1) is 21.3. The summed E-state index contributed by atoms with van der Waals surface area (Å²) in [4.78, 5) is 19.5. The van der Waals surface area contributed by atoms with E-state index >= 15 is 0 Å². The Kier molecular flexibility index (Phi) is 7.18. The topological polar surface area (TPSA) is 39.9 Å². The van der Waals surface area contributed by atoms with E-state index in [0.29, 0.717) is 12.3 Å². The van der Waals surface area contributed by atoms with Crippen LogP contribution in [0.3, 0.4) is 0 Å². The van der Waals surface area contributed by atoms with Crippen molar-refractivity contribution >= 4 is 5.91 Å². The third-order valence-electron chi connectivity index (χ3n) is 5.86. The number of benzene rings is 2. The van der Waals surface area contributed by atoms with Crippen LogP contribution < -0.4 is 0 Å². The summed E-state index contributed by atoms with van der Waals surface area (Å²) in [6, 6.07) is 24.7. The van der Waals surface area contributed by atoms with E-state index < -0.39 is 0 Å². The number of rotatable bonds is 8. The largest absolute Gasteiger partial charge is 0.455 e. The maximum Gasteiger partial charge on any atom is 0.289 e. The van der Waals surface area contributed by atoms with E-state index in [1.165, 1.54) is 11.1 Å². The van der Waals surface area contributed by atoms with E-state index in [0.717, 1.165) is 51.6 Å². The number of furan rings is 1. The van der Waals surface area contributed by atoms with Crippen molar-refractivity contribution in [2.24, 2.45) is 0 Å². The molecule has 0 N–H and O–H groups in total. The number of nitrogens with zero attached hydrogens (tertiary/aromatic N) is 3. The van der Waals surface area contributed by atoms with Gasteiger partial charge in [-0.1, -0.05) is 67.6 Å². The Balaban J connectivity index is 1.43. The zero-order valence-electron chi connectivity index (χ0n) is 18.2. The Labute approximate surface area is 184 Å². The molecule has 1 saturated heterocycles. The quantitative estimate of drug-likeness (QED) is 0.549. The molecule has 1 aliphatic rings. The Morgan fingerprint density at radius 2 is 1.39 bits per heavy atom. The van der Waals surface area contributed by atoms with Gasteiger partial charge in [-0.25, -0.2) is 0 Å². The second-order valence-electron chi connectivity index (χ2n) is 8.11. The van der Waals surface area contributed by atoms with Crippen molar-refractivity contribution in [1.82, 2.24) is 14.7 Å². The highest BCUT2D eigenvalue weighted by atomic mass is 16.4. The molecule has 1 fully saturated rings. The van der Waals surface area contributed by atoms with Gasteiger partial charge in [-0.15, -0.1) is 0 Å². The number of hydrogen-bond acceptors (Lipinski definition) is 4. The van der Waals surface area contributed by atoms with Gasteiger partial charge < -0.3 is 14.2 Å². The summed E-state index contributed by atoms with van der Waals surface area (Å²) in [5.41, 5.74) is 2.52. The van der Waals surface area contributed by atoms with E-state index in [-0.39, 0.29) is 5.91 Å². The Hall–Kier alpha value is -2.89. The van der Waals surface area contributed by atoms with Crippen LogP contribution in [-0.2, 0) is 19.6 Å². The maximum atomic E-state index is 12.9. The Bertz CT molecular complexity index is 906. The second kappa shape index (κ2) is 10.4. The lowest BCUT2D eigenvalue weighted by atomic mass is 10.1. The number of amides is 1. The van der Waals surface area contributed by atoms with Gasteiger partial charge >= 0.3 is 0 Å². The third-order valence-corrected chi connectivity index (χ3v) is 5.86. The summed E-state index contributed by atoms with van der Waals surface area (Å²) >= 11 is 0. The fourth-order valence-electron chi connectivity index (χ4n) is 4.07. The first-order valence-electron chi connectivity index (χ1n) is 11.1. The molecule has 1 aromatic heterocycles. The number of likely N-dealkylation sites (N-methyl/N-ethyl adjacent to an activating group) is 1. The number of carbonyl (C=O) groups is 1. The second-order valence-corrected chi connectivity index (χ2v) is 8.11. The van der Waals surface area contributed by atoms with Crippen LogP contribution in [-0.4, -0.2) is 53.3 Å². The van der Waals surface area contributed by atoms with Crippen molar-refractivity contribution in [3.8, 4) is 0 Å². The van der Waals surface area contributed by atoms with Gasteiger partial charge in [-0.2, -0.15) is 0 Å². The van der Waals surface area contributed by atoms with Crippen LogP contribution in [0.15, 0.2) is 77.2 Å². The minimum absolute atomic E-state index is 0.000304. The molecule has 3 aromatic rings. The zero-order valence-corrected chi connectivity index (χ0v) is 18.2. The predicted molar refractivity (Wildman–Crippen MR) is 123 cm³/mol. The van der Waals surface area contributed by atoms with Crippen LogP contribution in [0.25, 0.3) is 0 Å². The first-order valence-corrected chi connectivity index (χ1v) is 11.1. The summed E-state index contributed by atoms with van der Waals surface area (Å²) in [5.74, 6) is 1.27. The van der Waals surface area contributed by atoms with E-state index in [2.05, 4.69) is 65.3 Å². The third kappa shape index (κ3) is 5.84. The fourth-order valence-corrected chi connectivity index (χ4v) is 4.07. The van der Waals surface area contributed by atoms with Crippen molar-refractivity contribution in [2.75, 3.05) is 32.7 Å². The Morgan fingerprint density at radius 1 is 0.806 bits per heavy atom. The fraction of sp³-hybridized carbons (Fsp3) is 0.346. The molecule has 162 valence electrons. The number of carbonyl (C=O) groups excluding carboxylic acids is 1. The van der Waals surface area contributed by atoms with Gasteiger partial charge in [0, 0.05) is 39.3 Å². The molecule has 2 aromatic carbocycles. The van der Waals surface area contributed by atoms with E-state index in [9.17, 15) is 4.79 Å². The lowest BCUT2D eigenvalue weighted by Crippen LogP contribution is -2.48. The summed E-state index contributed by atoms with van der Waals surface area (Å²) in [7, 11) is 0. The molecule has 5 heteroatoms. The molecular weight excluding hydrogens is 386 g/mol. The predicted octanol–water partition coefficient (Wildman–Crippen LogP) is 4.26. The average Bonchev–Trinajstić information content (AvgIpc) is 3.28. The molecule has 4 rings (SSSR count). The smallest absolute Gasteiger partial charge is 0.289 e. The molecule has 2 heterocycles. The molecule has 0 aliphatic carbocycles. The minimum atomic E-state index is -0.000304. The SMILES string of the molecule is CCN1CCN(C(=O)c2ccc(CN(Cc3ccccc3)Cc3ccccc3)o2)CC1. The number of hydrogen-bond donors (Lipinski definition) is 0. The Morgan fingerprint density at radius 3 is 1.94 bits per heavy atom. The maximum absolute atomic E-state index is 12.9. The molecule has 0 atom stereocenters. The van der Waals surface area contributed by atoms with E-state index in [1.54, 1.807) is 0 Å². The van der Waals surface area contributed by atoms with Gasteiger partial charge in [0.2, 0.25) is 0 Å². The van der Waals surface area contributed by atoms with Gasteiger partial charge in [-0.05, 0) is 29.8 Å². The van der Waals surface area contributed by atoms with Crippen LogP contribution in [0, 0.1) is 0 Å². The lowest BCUT2D eigenvalue weighted by Gasteiger charge is -2.33. The minimum Gasteiger partial charge on any atom is -0.455 e. The van der Waals surface area contributed by atoms with Crippen LogP contribution in [0.1, 0.15) is 34.4 Å². The van der Waals surface area contributed by atoms with Crippen LogP contribution >= 0.6 is 0 Å².